The minimum atomic E-state index is -0.251. The van der Waals surface area contributed by atoms with Crippen LogP contribution in [-0.4, -0.2) is 47.4 Å². The van der Waals surface area contributed by atoms with Crippen LogP contribution in [0, 0.1) is 5.41 Å². The summed E-state index contributed by atoms with van der Waals surface area (Å²) in [5.41, 5.74) is 7.55. The summed E-state index contributed by atoms with van der Waals surface area (Å²) in [5, 5.41) is 3.00. The van der Waals surface area contributed by atoms with Crippen molar-refractivity contribution in [2.75, 3.05) is 25.0 Å². The third kappa shape index (κ3) is 4.31. The van der Waals surface area contributed by atoms with Crippen molar-refractivity contribution in [2.45, 2.75) is 45.7 Å². The zero-order valence-corrected chi connectivity index (χ0v) is 15.1. The summed E-state index contributed by atoms with van der Waals surface area (Å²) < 4.78 is 0. The number of hydrogen-bond donors (Lipinski definition) is 2. The first kappa shape index (κ1) is 17.7. The van der Waals surface area contributed by atoms with Crippen molar-refractivity contribution in [3.05, 3.63) is 29.8 Å². The molecular weight excluding hydrogens is 316 g/mol. The third-order valence-electron chi connectivity index (χ3n) is 5.22. The highest BCUT2D eigenvalue weighted by molar-refractivity contribution is 5.89. The first-order valence-corrected chi connectivity index (χ1v) is 9.02. The van der Waals surface area contributed by atoms with Crippen molar-refractivity contribution in [1.29, 1.82) is 0 Å². The number of nitrogens with zero attached hydrogens (tertiary/aromatic N) is 2. The molecule has 0 bridgehead atoms. The number of anilines is 1. The molecule has 136 valence electrons. The Kier molecular flexibility index (Phi) is 4.99. The predicted octanol–water partition coefficient (Wildman–Crippen LogP) is 2.40. The number of amides is 3. The topological polar surface area (TPSA) is 78.7 Å². The van der Waals surface area contributed by atoms with Crippen LogP contribution in [0.25, 0.3) is 0 Å². The molecule has 1 aromatic carbocycles. The van der Waals surface area contributed by atoms with Gasteiger partial charge < -0.3 is 16.0 Å². The van der Waals surface area contributed by atoms with E-state index in [-0.39, 0.29) is 23.4 Å². The van der Waals surface area contributed by atoms with Crippen LogP contribution < -0.4 is 11.1 Å². The van der Waals surface area contributed by atoms with E-state index in [4.69, 9.17) is 5.73 Å². The quantitative estimate of drug-likeness (QED) is 0.880. The van der Waals surface area contributed by atoms with Gasteiger partial charge in [0.2, 0.25) is 5.91 Å². The van der Waals surface area contributed by atoms with E-state index in [9.17, 15) is 9.59 Å². The fraction of sp³-hybridized carbons (Fsp3) is 0.579. The Hall–Kier alpha value is -2.08. The summed E-state index contributed by atoms with van der Waals surface area (Å²) in [6.07, 6.45) is 2.86. The first-order chi connectivity index (χ1) is 11.8. The molecule has 0 saturated carbocycles. The van der Waals surface area contributed by atoms with Gasteiger partial charge in [-0.15, -0.1) is 0 Å². The van der Waals surface area contributed by atoms with Crippen LogP contribution >= 0.6 is 0 Å². The molecule has 0 aromatic heterocycles. The lowest BCUT2D eigenvalue weighted by Gasteiger charge is -2.22. The third-order valence-corrected chi connectivity index (χ3v) is 5.22. The van der Waals surface area contributed by atoms with Crippen molar-refractivity contribution in [2.24, 2.45) is 11.1 Å². The number of nitrogens with two attached hydrogens (primary N) is 1. The Morgan fingerprint density at radius 2 is 2.12 bits per heavy atom. The first-order valence-electron chi connectivity index (χ1n) is 9.02. The molecule has 3 amide bonds. The molecule has 2 aliphatic heterocycles. The second-order valence-corrected chi connectivity index (χ2v) is 8.00. The van der Waals surface area contributed by atoms with Gasteiger partial charge in [-0.2, -0.15) is 0 Å². The lowest BCUT2D eigenvalue weighted by atomic mass is 9.93. The number of hydrogen-bond acceptors (Lipinski definition) is 3. The molecule has 2 fully saturated rings. The number of nitrogens with one attached hydrogen (secondary N) is 1. The molecule has 25 heavy (non-hydrogen) atoms. The van der Waals surface area contributed by atoms with Gasteiger partial charge in [-0.25, -0.2) is 4.79 Å². The van der Waals surface area contributed by atoms with Gasteiger partial charge >= 0.3 is 6.03 Å². The van der Waals surface area contributed by atoms with E-state index in [1.165, 1.54) is 0 Å². The van der Waals surface area contributed by atoms with Gasteiger partial charge in [0, 0.05) is 25.3 Å². The molecular formula is C19H28N4O2. The van der Waals surface area contributed by atoms with Crippen molar-refractivity contribution < 1.29 is 9.59 Å². The second-order valence-electron chi connectivity index (χ2n) is 8.00. The maximum Gasteiger partial charge on any atom is 0.321 e. The lowest BCUT2D eigenvalue weighted by molar-refractivity contribution is -0.122. The summed E-state index contributed by atoms with van der Waals surface area (Å²) in [6.45, 7) is 7.51. The number of carbonyl (C=O) groups excluding carboxylic acids is 2. The smallest absolute Gasteiger partial charge is 0.321 e. The van der Waals surface area contributed by atoms with Crippen molar-refractivity contribution in [1.82, 2.24) is 9.80 Å². The van der Waals surface area contributed by atoms with Gasteiger partial charge in [-0.05, 0) is 48.9 Å². The van der Waals surface area contributed by atoms with Crippen LogP contribution in [0.5, 0.6) is 0 Å². The number of likely N-dealkylation sites (tertiary alicyclic amines) is 2. The lowest BCUT2D eigenvalue weighted by Crippen LogP contribution is -2.39. The maximum absolute atomic E-state index is 12.4. The Morgan fingerprint density at radius 3 is 2.80 bits per heavy atom. The maximum atomic E-state index is 12.4. The van der Waals surface area contributed by atoms with Crippen LogP contribution in [0.1, 0.15) is 38.7 Å². The van der Waals surface area contributed by atoms with E-state index in [1.54, 1.807) is 0 Å². The molecule has 0 aliphatic carbocycles. The highest BCUT2D eigenvalue weighted by atomic mass is 16.2. The van der Waals surface area contributed by atoms with Crippen molar-refractivity contribution >= 4 is 17.6 Å². The van der Waals surface area contributed by atoms with Gasteiger partial charge in [0.25, 0.3) is 0 Å². The molecule has 3 N–H and O–H groups in total. The fourth-order valence-electron chi connectivity index (χ4n) is 3.81. The molecule has 2 aliphatic rings. The van der Waals surface area contributed by atoms with Gasteiger partial charge in [-0.3, -0.25) is 9.69 Å². The Labute approximate surface area is 149 Å². The predicted molar refractivity (Wildman–Crippen MR) is 98.1 cm³/mol. The van der Waals surface area contributed by atoms with Crippen LogP contribution in [0.3, 0.4) is 0 Å². The largest absolute Gasteiger partial charge is 0.368 e. The molecule has 1 atom stereocenters. The van der Waals surface area contributed by atoms with Crippen LogP contribution in [0.15, 0.2) is 24.3 Å². The van der Waals surface area contributed by atoms with Gasteiger partial charge in [-0.1, -0.05) is 26.0 Å². The average Bonchev–Trinajstić information content (AvgIpc) is 3.14. The zero-order valence-electron chi connectivity index (χ0n) is 15.1. The Balaban J connectivity index is 1.62. The summed E-state index contributed by atoms with van der Waals surface area (Å²) in [5.74, 6) is -0.251. The molecule has 3 rings (SSSR count). The van der Waals surface area contributed by atoms with Crippen LogP contribution in [0.4, 0.5) is 10.5 Å². The number of benzene rings is 1. The van der Waals surface area contributed by atoms with E-state index >= 15 is 0 Å². The average molecular weight is 344 g/mol. The van der Waals surface area contributed by atoms with Crippen molar-refractivity contribution in [3.8, 4) is 0 Å². The van der Waals surface area contributed by atoms with E-state index in [0.29, 0.717) is 6.54 Å². The second kappa shape index (κ2) is 7.04. The van der Waals surface area contributed by atoms with E-state index < -0.39 is 0 Å². The van der Waals surface area contributed by atoms with Crippen LogP contribution in [0.2, 0.25) is 0 Å². The Bertz CT molecular complexity index is 659. The van der Waals surface area contributed by atoms with Gasteiger partial charge in [0.1, 0.15) is 0 Å². The number of primary amides is 1. The normalized spacial score (nSPS) is 23.0. The van der Waals surface area contributed by atoms with Gasteiger partial charge in [0.15, 0.2) is 0 Å². The summed E-state index contributed by atoms with van der Waals surface area (Å²) in [4.78, 5) is 28.0. The van der Waals surface area contributed by atoms with Crippen molar-refractivity contribution in [3.63, 3.8) is 0 Å². The highest BCUT2D eigenvalue weighted by Gasteiger charge is 2.32. The molecule has 0 spiro atoms. The van der Waals surface area contributed by atoms with Gasteiger partial charge in [0.05, 0.1) is 6.04 Å². The molecule has 0 radical (unpaired) electrons. The van der Waals surface area contributed by atoms with E-state index in [0.717, 1.165) is 50.1 Å². The van der Waals surface area contributed by atoms with E-state index in [1.807, 2.05) is 29.2 Å². The highest BCUT2D eigenvalue weighted by Crippen LogP contribution is 2.29. The molecule has 1 aromatic rings. The van der Waals surface area contributed by atoms with E-state index in [2.05, 4.69) is 24.1 Å². The molecule has 6 heteroatoms. The summed E-state index contributed by atoms with van der Waals surface area (Å²) in [6, 6.07) is 7.62. The molecule has 2 saturated heterocycles. The minimum Gasteiger partial charge on any atom is -0.368 e. The molecule has 2 heterocycles. The number of carbonyl (C=O) groups is 2. The summed E-state index contributed by atoms with van der Waals surface area (Å²) >= 11 is 0. The van der Waals surface area contributed by atoms with Crippen LogP contribution in [-0.2, 0) is 11.3 Å². The monoisotopic (exact) mass is 344 g/mol. The molecule has 0 unspecified atom stereocenters. The standard InChI is InChI=1S/C19H28N4O2/c1-19(2)8-10-23(13-19)18(25)21-15-6-3-5-14(11-15)12-22-9-4-7-16(22)17(20)24/h3,5-6,11,16H,4,7-10,12-13H2,1-2H3,(H2,20,24)(H,21,25)/t16-/m1/s1. The fourth-order valence-corrected chi connectivity index (χ4v) is 3.81. The Morgan fingerprint density at radius 1 is 1.32 bits per heavy atom. The minimum absolute atomic E-state index is 0.0427. The summed E-state index contributed by atoms with van der Waals surface area (Å²) in [7, 11) is 0. The zero-order chi connectivity index (χ0) is 18.0. The molecule has 6 nitrogen and oxygen atoms in total. The SMILES string of the molecule is CC1(C)CCN(C(=O)Nc2cccc(CN3CCC[C@@H]3C(N)=O)c2)C1. The number of urea groups is 1. The number of rotatable bonds is 4.